The van der Waals surface area contributed by atoms with Gasteiger partial charge in [-0.15, -0.1) is 0 Å². The molecule has 3 aromatic rings. The molecular formula is C24H24O5. The second kappa shape index (κ2) is 9.24. The molecule has 2 atom stereocenters. The maximum Gasteiger partial charge on any atom is 0.306 e. The summed E-state index contributed by atoms with van der Waals surface area (Å²) in [7, 11) is 0. The van der Waals surface area contributed by atoms with E-state index in [0.717, 1.165) is 16.7 Å². The van der Waals surface area contributed by atoms with Gasteiger partial charge in [0.15, 0.2) is 5.78 Å². The van der Waals surface area contributed by atoms with Crippen molar-refractivity contribution in [2.45, 2.75) is 32.8 Å². The van der Waals surface area contributed by atoms with Crippen molar-refractivity contribution in [3.63, 3.8) is 0 Å². The number of rotatable bonds is 9. The SMILES string of the molecule is Cc1ccccc1C(CC(C)C(=O)O)C(=O)c1cccc(OCc2ccoc2)c1. The quantitative estimate of drug-likeness (QED) is 0.504. The van der Waals surface area contributed by atoms with Gasteiger partial charge in [0.25, 0.3) is 0 Å². The number of carboxylic acid groups (broad SMARTS) is 1. The molecule has 0 aliphatic rings. The van der Waals surface area contributed by atoms with Gasteiger partial charge in [0, 0.05) is 17.0 Å². The summed E-state index contributed by atoms with van der Waals surface area (Å²) < 4.78 is 10.8. The maximum absolute atomic E-state index is 13.4. The molecule has 0 fully saturated rings. The average molecular weight is 392 g/mol. The van der Waals surface area contributed by atoms with Crippen LogP contribution in [0.1, 0.15) is 46.3 Å². The van der Waals surface area contributed by atoms with Gasteiger partial charge in [-0.1, -0.05) is 43.3 Å². The van der Waals surface area contributed by atoms with Crippen LogP contribution in [0.5, 0.6) is 5.75 Å². The van der Waals surface area contributed by atoms with Crippen LogP contribution in [0.2, 0.25) is 0 Å². The zero-order valence-corrected chi connectivity index (χ0v) is 16.5. The molecular weight excluding hydrogens is 368 g/mol. The largest absolute Gasteiger partial charge is 0.489 e. The van der Waals surface area contributed by atoms with Gasteiger partial charge in [-0.3, -0.25) is 9.59 Å². The van der Waals surface area contributed by atoms with Gasteiger partial charge in [0.05, 0.1) is 18.4 Å². The number of aliphatic carboxylic acids is 1. The summed E-state index contributed by atoms with van der Waals surface area (Å²) in [5, 5.41) is 9.37. The highest BCUT2D eigenvalue weighted by atomic mass is 16.5. The molecule has 0 saturated heterocycles. The molecule has 5 nitrogen and oxygen atoms in total. The first kappa shape index (κ1) is 20.4. The van der Waals surface area contributed by atoms with Crippen molar-refractivity contribution in [2.75, 3.05) is 0 Å². The lowest BCUT2D eigenvalue weighted by Crippen LogP contribution is -2.21. The highest BCUT2D eigenvalue weighted by Crippen LogP contribution is 2.31. The molecule has 1 aromatic heterocycles. The van der Waals surface area contributed by atoms with Gasteiger partial charge < -0.3 is 14.3 Å². The third-order valence-corrected chi connectivity index (χ3v) is 5.00. The van der Waals surface area contributed by atoms with Crippen molar-refractivity contribution < 1.29 is 23.8 Å². The van der Waals surface area contributed by atoms with Gasteiger partial charge >= 0.3 is 5.97 Å². The minimum atomic E-state index is -0.909. The number of carbonyl (C=O) groups excluding carboxylic acids is 1. The van der Waals surface area contributed by atoms with Crippen LogP contribution < -0.4 is 4.74 Å². The van der Waals surface area contributed by atoms with E-state index in [0.29, 0.717) is 17.9 Å². The number of ketones is 1. The number of benzene rings is 2. The summed E-state index contributed by atoms with van der Waals surface area (Å²) in [5.74, 6) is -1.61. The lowest BCUT2D eigenvalue weighted by Gasteiger charge is -2.21. The molecule has 0 saturated carbocycles. The summed E-state index contributed by atoms with van der Waals surface area (Å²) in [6.07, 6.45) is 3.42. The number of aryl methyl sites for hydroxylation is 1. The number of ether oxygens (including phenoxy) is 1. The van der Waals surface area contributed by atoms with Crippen LogP contribution in [0.25, 0.3) is 0 Å². The van der Waals surface area contributed by atoms with Crippen molar-refractivity contribution >= 4 is 11.8 Å². The molecule has 150 valence electrons. The first-order valence-electron chi connectivity index (χ1n) is 9.52. The van der Waals surface area contributed by atoms with E-state index >= 15 is 0 Å². The van der Waals surface area contributed by atoms with Crippen molar-refractivity contribution in [2.24, 2.45) is 5.92 Å². The van der Waals surface area contributed by atoms with Gasteiger partial charge in [-0.25, -0.2) is 0 Å². The number of furan rings is 1. The van der Waals surface area contributed by atoms with Gasteiger partial charge in [0.2, 0.25) is 0 Å². The van der Waals surface area contributed by atoms with E-state index in [1.54, 1.807) is 43.7 Å². The fourth-order valence-corrected chi connectivity index (χ4v) is 3.29. The number of hydrogen-bond donors (Lipinski definition) is 1. The topological polar surface area (TPSA) is 76.7 Å². The van der Waals surface area contributed by atoms with Crippen LogP contribution in [0, 0.1) is 12.8 Å². The highest BCUT2D eigenvalue weighted by Gasteiger charge is 2.28. The molecule has 0 aliphatic heterocycles. The predicted octanol–water partition coefficient (Wildman–Crippen LogP) is 5.24. The molecule has 0 amide bonds. The number of hydrogen-bond acceptors (Lipinski definition) is 4. The minimum absolute atomic E-state index is 0.110. The van der Waals surface area contributed by atoms with Crippen molar-refractivity contribution in [3.05, 3.63) is 89.4 Å². The molecule has 3 rings (SSSR count). The van der Waals surface area contributed by atoms with E-state index in [1.165, 1.54) is 0 Å². The number of Topliss-reactive ketones (excluding diaryl/α,β-unsaturated/α-hetero) is 1. The Morgan fingerprint density at radius 1 is 1.10 bits per heavy atom. The number of carboxylic acids is 1. The first-order valence-corrected chi connectivity index (χ1v) is 9.52. The molecule has 29 heavy (non-hydrogen) atoms. The molecule has 2 unspecified atom stereocenters. The van der Waals surface area contributed by atoms with E-state index < -0.39 is 17.8 Å². The van der Waals surface area contributed by atoms with Crippen molar-refractivity contribution in [1.29, 1.82) is 0 Å². The Balaban J connectivity index is 1.86. The Hall–Kier alpha value is -3.34. The first-order chi connectivity index (χ1) is 14.0. The Labute approximate surface area is 169 Å². The molecule has 2 aromatic carbocycles. The average Bonchev–Trinajstić information content (AvgIpc) is 3.24. The molecule has 5 heteroatoms. The lowest BCUT2D eigenvalue weighted by molar-refractivity contribution is -0.141. The number of carbonyl (C=O) groups is 2. The normalized spacial score (nSPS) is 12.9. The fourth-order valence-electron chi connectivity index (χ4n) is 3.29. The summed E-state index contributed by atoms with van der Waals surface area (Å²) in [6.45, 7) is 3.91. The standard InChI is InChI=1S/C24H24O5/c1-16-6-3-4-9-21(16)22(12-17(2)24(26)27)23(25)19-7-5-8-20(13-19)29-15-18-10-11-28-14-18/h3-11,13-14,17,22H,12,15H2,1-2H3,(H,26,27). The summed E-state index contributed by atoms with van der Waals surface area (Å²) in [5.41, 5.74) is 3.22. The maximum atomic E-state index is 13.4. The summed E-state index contributed by atoms with van der Waals surface area (Å²) >= 11 is 0. The molecule has 1 heterocycles. The van der Waals surface area contributed by atoms with Crippen LogP contribution in [-0.4, -0.2) is 16.9 Å². The zero-order valence-electron chi connectivity index (χ0n) is 16.5. The smallest absolute Gasteiger partial charge is 0.306 e. The van der Waals surface area contributed by atoms with Crippen LogP contribution >= 0.6 is 0 Å². The highest BCUT2D eigenvalue weighted by molar-refractivity contribution is 6.01. The summed E-state index contributed by atoms with van der Waals surface area (Å²) in [4.78, 5) is 24.8. The lowest BCUT2D eigenvalue weighted by atomic mass is 9.82. The van der Waals surface area contributed by atoms with E-state index in [2.05, 4.69) is 0 Å². The van der Waals surface area contributed by atoms with Crippen LogP contribution in [-0.2, 0) is 11.4 Å². The molecule has 0 aliphatic carbocycles. The Morgan fingerprint density at radius 3 is 2.59 bits per heavy atom. The second-order valence-corrected chi connectivity index (χ2v) is 7.20. The Bertz CT molecular complexity index is 974. The molecule has 0 spiro atoms. The van der Waals surface area contributed by atoms with Crippen molar-refractivity contribution in [3.8, 4) is 5.75 Å². The monoisotopic (exact) mass is 392 g/mol. The molecule has 0 bridgehead atoms. The van der Waals surface area contributed by atoms with Gasteiger partial charge in [0.1, 0.15) is 12.4 Å². The second-order valence-electron chi connectivity index (χ2n) is 7.20. The van der Waals surface area contributed by atoms with E-state index in [-0.39, 0.29) is 12.2 Å². The minimum Gasteiger partial charge on any atom is -0.489 e. The fraction of sp³-hybridized carbons (Fsp3) is 0.250. The van der Waals surface area contributed by atoms with Gasteiger partial charge in [-0.2, -0.15) is 0 Å². The third-order valence-electron chi connectivity index (χ3n) is 5.00. The zero-order chi connectivity index (χ0) is 20.8. The predicted molar refractivity (Wildman–Crippen MR) is 109 cm³/mol. The Morgan fingerprint density at radius 2 is 1.90 bits per heavy atom. The van der Waals surface area contributed by atoms with Gasteiger partial charge in [-0.05, 0) is 42.7 Å². The van der Waals surface area contributed by atoms with E-state index in [9.17, 15) is 14.7 Å². The van der Waals surface area contributed by atoms with Crippen LogP contribution in [0.15, 0.2) is 71.5 Å². The van der Waals surface area contributed by atoms with Crippen molar-refractivity contribution in [1.82, 2.24) is 0 Å². The molecule has 0 radical (unpaired) electrons. The van der Waals surface area contributed by atoms with Crippen LogP contribution in [0.4, 0.5) is 0 Å². The van der Waals surface area contributed by atoms with E-state index in [1.807, 2.05) is 37.3 Å². The summed E-state index contributed by atoms with van der Waals surface area (Å²) in [6, 6.07) is 16.4. The third kappa shape index (κ3) is 5.13. The van der Waals surface area contributed by atoms with E-state index in [4.69, 9.17) is 9.15 Å². The Kier molecular flexibility index (Phi) is 6.50. The van der Waals surface area contributed by atoms with Crippen LogP contribution in [0.3, 0.4) is 0 Å². The molecule has 1 N–H and O–H groups in total.